The highest BCUT2D eigenvalue weighted by atomic mass is 16.5. The minimum atomic E-state index is -0.349. The minimum Gasteiger partial charge on any atom is -0.490 e. The molecule has 0 bridgehead atoms. The molecule has 6 aromatic rings. The van der Waals surface area contributed by atoms with Crippen molar-refractivity contribution >= 4 is 46.1 Å². The van der Waals surface area contributed by atoms with Crippen LogP contribution < -0.4 is 45.6 Å². The van der Waals surface area contributed by atoms with Crippen LogP contribution in [0, 0.1) is 0 Å². The van der Waals surface area contributed by atoms with Gasteiger partial charge in [-0.1, -0.05) is 12.1 Å². The van der Waals surface area contributed by atoms with Crippen LogP contribution in [-0.4, -0.2) is 129 Å². The molecule has 4 aliphatic rings. The van der Waals surface area contributed by atoms with E-state index < -0.39 is 0 Å². The van der Waals surface area contributed by atoms with Crippen molar-refractivity contribution in [1.29, 1.82) is 0 Å². The predicted molar refractivity (Wildman–Crippen MR) is 251 cm³/mol. The Morgan fingerprint density at radius 2 is 1.38 bits per heavy atom. The fraction of sp³-hybridized carbons (Fsp3) is 0.312. The van der Waals surface area contributed by atoms with Crippen molar-refractivity contribution in [3.63, 3.8) is 0 Å². The van der Waals surface area contributed by atoms with E-state index in [4.69, 9.17) is 24.4 Å². The molecule has 17 nitrogen and oxygen atoms in total. The van der Waals surface area contributed by atoms with Gasteiger partial charge in [0, 0.05) is 95.7 Å². The molecular weight excluding hydrogens is 823 g/mol. The van der Waals surface area contributed by atoms with E-state index in [0.717, 1.165) is 91.1 Å². The van der Waals surface area contributed by atoms with Gasteiger partial charge in [-0.15, -0.1) is 0 Å². The average molecular weight is 874 g/mol. The van der Waals surface area contributed by atoms with Crippen LogP contribution in [0.25, 0.3) is 22.5 Å². The van der Waals surface area contributed by atoms with E-state index in [1.165, 1.54) is 0 Å². The van der Waals surface area contributed by atoms with Crippen molar-refractivity contribution in [2.75, 3.05) is 123 Å². The van der Waals surface area contributed by atoms with Crippen molar-refractivity contribution in [3.8, 4) is 28.3 Å². The first-order chi connectivity index (χ1) is 31.9. The monoisotopic (exact) mass is 873 g/mol. The highest BCUT2D eigenvalue weighted by Gasteiger charge is 2.27. The van der Waals surface area contributed by atoms with Gasteiger partial charge >= 0.3 is 0 Å². The zero-order chi connectivity index (χ0) is 44.1. The van der Waals surface area contributed by atoms with E-state index in [1.54, 1.807) is 30.9 Å². The van der Waals surface area contributed by atoms with Crippen LogP contribution in [0.4, 0.5) is 34.3 Å². The number of pyridine rings is 5. The van der Waals surface area contributed by atoms with Crippen molar-refractivity contribution in [2.24, 2.45) is 0 Å². The Bertz CT molecular complexity index is 2670. The second-order valence-electron chi connectivity index (χ2n) is 16.4. The summed E-state index contributed by atoms with van der Waals surface area (Å²) in [6.07, 6.45) is 8.65. The zero-order valence-electron chi connectivity index (χ0n) is 36.2. The molecule has 5 aromatic heterocycles. The Morgan fingerprint density at radius 3 is 2.15 bits per heavy atom. The lowest BCUT2D eigenvalue weighted by molar-refractivity contribution is 0.101. The summed E-state index contributed by atoms with van der Waals surface area (Å²) < 4.78 is 11.5. The molecule has 4 aliphatic heterocycles. The van der Waals surface area contributed by atoms with Gasteiger partial charge in [0.05, 0.1) is 78.0 Å². The summed E-state index contributed by atoms with van der Waals surface area (Å²) in [6, 6.07) is 23.0. The number of ether oxygens (including phenoxy) is 2. The standard InChI is InChI=1S/C48H51N13O4/c1-58-19-24-65-45-27-32(5-7-44(45)58)35-3-2-4-36(54-35)47(62)56-40-30-51-12-10-43(40)61-18-15-52-41(31-61)34-25-37(33-6-8-46(53-28-33)60-20-22-64-23-21-60)55-38(26-34)48(63)57-39-29-50-11-9-42(39)59-16-13-49-14-17-59/h2-12,25-30,41,49,52H,13-24,31H2,1H3,(H,56,62)(H,57,63). The van der Waals surface area contributed by atoms with Gasteiger partial charge in [-0.2, -0.15) is 0 Å². The molecule has 9 heterocycles. The first kappa shape index (κ1) is 41.8. The third-order valence-electron chi connectivity index (χ3n) is 12.3. The fourth-order valence-corrected chi connectivity index (χ4v) is 8.76. The van der Waals surface area contributed by atoms with Crippen molar-refractivity contribution in [3.05, 3.63) is 121 Å². The van der Waals surface area contributed by atoms with E-state index >= 15 is 0 Å². The van der Waals surface area contributed by atoms with Gasteiger partial charge in [-0.25, -0.2) is 15.0 Å². The summed E-state index contributed by atoms with van der Waals surface area (Å²) in [6.45, 7) is 9.49. The quantitative estimate of drug-likeness (QED) is 0.149. The Hall–Kier alpha value is -7.21. The van der Waals surface area contributed by atoms with Crippen LogP contribution in [0.15, 0.2) is 104 Å². The van der Waals surface area contributed by atoms with Crippen LogP contribution in [0.3, 0.4) is 0 Å². The third-order valence-corrected chi connectivity index (χ3v) is 12.3. The number of rotatable bonds is 10. The number of nitrogens with zero attached hydrogens (tertiary/aromatic N) is 9. The summed E-state index contributed by atoms with van der Waals surface area (Å²) in [5, 5.41) is 13.3. The maximum absolute atomic E-state index is 14.3. The Labute approximate surface area is 377 Å². The number of morpholine rings is 1. The molecule has 332 valence electrons. The van der Waals surface area contributed by atoms with E-state index in [-0.39, 0.29) is 29.2 Å². The lowest BCUT2D eigenvalue weighted by atomic mass is 10.0. The molecular formula is C48H51N13O4. The van der Waals surface area contributed by atoms with Crippen LogP contribution in [0.1, 0.15) is 32.6 Å². The number of likely N-dealkylation sites (N-methyl/N-ethyl adjacent to an activating group) is 1. The smallest absolute Gasteiger partial charge is 0.274 e. The molecule has 65 heavy (non-hydrogen) atoms. The van der Waals surface area contributed by atoms with Crippen molar-refractivity contribution < 1.29 is 19.1 Å². The maximum atomic E-state index is 14.3. The summed E-state index contributed by atoms with van der Waals surface area (Å²) in [4.78, 5) is 60.3. The van der Waals surface area contributed by atoms with Gasteiger partial charge in [0.15, 0.2) is 0 Å². The molecule has 0 saturated carbocycles. The number of nitrogens with one attached hydrogen (secondary N) is 4. The van der Waals surface area contributed by atoms with Gasteiger partial charge in [-0.05, 0) is 66.2 Å². The van der Waals surface area contributed by atoms with Crippen LogP contribution in [0.5, 0.6) is 5.75 Å². The van der Waals surface area contributed by atoms with Gasteiger partial charge in [0.2, 0.25) is 0 Å². The zero-order valence-corrected chi connectivity index (χ0v) is 36.2. The molecule has 2 amide bonds. The molecule has 3 fully saturated rings. The fourth-order valence-electron chi connectivity index (χ4n) is 8.76. The second kappa shape index (κ2) is 18.9. The van der Waals surface area contributed by atoms with Crippen LogP contribution in [-0.2, 0) is 4.74 Å². The molecule has 1 aromatic carbocycles. The molecule has 17 heteroatoms. The summed E-state index contributed by atoms with van der Waals surface area (Å²) in [5.74, 6) is 0.976. The molecule has 10 rings (SSSR count). The number of amides is 2. The number of fused-ring (bicyclic) bond motifs is 1. The number of benzene rings is 1. The lowest BCUT2D eigenvalue weighted by Crippen LogP contribution is -2.46. The highest BCUT2D eigenvalue weighted by Crippen LogP contribution is 2.35. The Kier molecular flexibility index (Phi) is 12.1. The molecule has 0 radical (unpaired) electrons. The number of hydrogen-bond donors (Lipinski definition) is 4. The predicted octanol–water partition coefficient (Wildman–Crippen LogP) is 4.73. The topological polar surface area (TPSA) is 178 Å². The molecule has 1 atom stereocenters. The maximum Gasteiger partial charge on any atom is 0.274 e. The van der Waals surface area contributed by atoms with Gasteiger partial charge in [0.25, 0.3) is 11.8 Å². The van der Waals surface area contributed by atoms with Crippen molar-refractivity contribution in [2.45, 2.75) is 6.04 Å². The summed E-state index contributed by atoms with van der Waals surface area (Å²) in [7, 11) is 2.04. The van der Waals surface area contributed by atoms with Gasteiger partial charge < -0.3 is 50.3 Å². The van der Waals surface area contributed by atoms with E-state index in [1.807, 2.05) is 80.0 Å². The molecule has 4 N–H and O–H groups in total. The van der Waals surface area contributed by atoms with E-state index in [0.29, 0.717) is 62.2 Å². The molecule has 3 saturated heterocycles. The first-order valence-electron chi connectivity index (χ1n) is 22.1. The second-order valence-corrected chi connectivity index (χ2v) is 16.4. The summed E-state index contributed by atoms with van der Waals surface area (Å²) >= 11 is 0. The molecule has 0 spiro atoms. The summed E-state index contributed by atoms with van der Waals surface area (Å²) in [5.41, 5.74) is 8.33. The first-order valence-corrected chi connectivity index (χ1v) is 22.1. The third kappa shape index (κ3) is 9.25. The lowest BCUT2D eigenvalue weighted by Gasteiger charge is -2.36. The minimum absolute atomic E-state index is 0.206. The number of hydrogen-bond acceptors (Lipinski definition) is 15. The SMILES string of the molecule is CN1CCOc2cc(-c3cccc(C(=O)Nc4cnccc4N4CCNC(c5cc(C(=O)Nc6cnccc6N6CCNCC6)nc(-c6ccc(N7CCOCC7)nc6)c5)C4)n3)ccc21. The van der Waals surface area contributed by atoms with E-state index in [9.17, 15) is 9.59 Å². The normalized spacial score (nSPS) is 17.5. The van der Waals surface area contributed by atoms with E-state index in [2.05, 4.69) is 50.8 Å². The van der Waals surface area contributed by atoms with Gasteiger partial charge in [0.1, 0.15) is 29.6 Å². The molecule has 1 unspecified atom stereocenters. The highest BCUT2D eigenvalue weighted by molar-refractivity contribution is 6.06. The number of carbonyl (C=O) groups excluding carboxylic acids is 2. The van der Waals surface area contributed by atoms with Crippen LogP contribution in [0.2, 0.25) is 0 Å². The Balaban J connectivity index is 0.911. The van der Waals surface area contributed by atoms with Crippen LogP contribution >= 0.6 is 0 Å². The number of carbonyl (C=O) groups is 2. The molecule has 0 aliphatic carbocycles. The Morgan fingerprint density at radius 1 is 0.662 bits per heavy atom. The largest absolute Gasteiger partial charge is 0.490 e. The average Bonchev–Trinajstić information content (AvgIpc) is 3.37. The number of aromatic nitrogens is 5. The van der Waals surface area contributed by atoms with Crippen molar-refractivity contribution in [1.82, 2.24) is 35.6 Å². The van der Waals surface area contributed by atoms with Gasteiger partial charge in [-0.3, -0.25) is 19.6 Å². The number of anilines is 6. The number of piperazine rings is 2.